The molecule has 0 heterocycles. The summed E-state index contributed by atoms with van der Waals surface area (Å²) in [5.41, 5.74) is 0. The van der Waals surface area contributed by atoms with Crippen LogP contribution in [0.1, 0.15) is 26.7 Å². The maximum Gasteiger partial charge on any atom is 0.422 e. The molecule has 0 aromatic rings. The van der Waals surface area contributed by atoms with Crippen molar-refractivity contribution in [3.05, 3.63) is 11.8 Å². The molecule has 0 spiro atoms. The van der Waals surface area contributed by atoms with E-state index in [1.165, 1.54) is 6.47 Å². The van der Waals surface area contributed by atoms with Gasteiger partial charge in [0.25, 0.3) is 0 Å². The fourth-order valence-corrected chi connectivity index (χ4v) is 0.455. The average Bonchev–Trinajstić information content (AvgIpc) is 1.85. The summed E-state index contributed by atoms with van der Waals surface area (Å²) in [6.45, 7) is 5.16. The van der Waals surface area contributed by atoms with Gasteiger partial charge in [-0.05, 0) is 19.4 Å². The van der Waals surface area contributed by atoms with Crippen molar-refractivity contribution in [1.29, 1.82) is 0 Å². The second-order valence-electron chi connectivity index (χ2n) is 1.79. The molecule has 0 aliphatic heterocycles. The van der Waals surface area contributed by atoms with Gasteiger partial charge in [0.2, 0.25) is 0 Å². The summed E-state index contributed by atoms with van der Waals surface area (Å²) in [4.78, 5) is 9.59. The number of rotatable bonds is 4. The first-order chi connectivity index (χ1) is 4.31. The minimum atomic E-state index is 0.631. The fraction of sp³-hybridized carbons (Fsp3) is 0.571. The molecule has 2 nitrogen and oxygen atoms in total. The Kier molecular flexibility index (Phi) is 4.88. The molecule has 0 rings (SSSR count). The summed E-state index contributed by atoms with van der Waals surface area (Å²) >= 11 is 0. The zero-order valence-electron chi connectivity index (χ0n) is 5.81. The smallest absolute Gasteiger partial charge is 0.422 e. The van der Waals surface area contributed by atoms with Crippen LogP contribution in [0.25, 0.3) is 0 Å². The third-order valence-electron chi connectivity index (χ3n) is 0.923. The zero-order valence-corrected chi connectivity index (χ0v) is 5.81. The van der Waals surface area contributed by atoms with Crippen molar-refractivity contribution in [2.24, 2.45) is 0 Å². The van der Waals surface area contributed by atoms with Crippen LogP contribution in [0, 0.1) is 0 Å². The second-order valence-corrected chi connectivity index (χ2v) is 1.79. The Hall–Kier alpha value is -0.790. The van der Waals surface area contributed by atoms with Crippen LogP contribution < -0.4 is 0 Å². The van der Waals surface area contributed by atoms with E-state index in [1.54, 1.807) is 6.92 Å². The van der Waals surface area contributed by atoms with Crippen molar-refractivity contribution in [1.82, 2.24) is 0 Å². The molecule has 0 saturated carbocycles. The van der Waals surface area contributed by atoms with Crippen molar-refractivity contribution >= 4 is 6.47 Å². The van der Waals surface area contributed by atoms with Crippen LogP contribution in [0.15, 0.2) is 11.8 Å². The summed E-state index contributed by atoms with van der Waals surface area (Å²) in [6.07, 6.45) is 3.89. The van der Waals surface area contributed by atoms with Crippen LogP contribution in [0.2, 0.25) is 0 Å². The lowest BCUT2D eigenvalue weighted by Crippen LogP contribution is -1.82. The molecular formula is C7H11O2. The van der Waals surface area contributed by atoms with Crippen LogP contribution in [-0.4, -0.2) is 6.47 Å². The van der Waals surface area contributed by atoms with Gasteiger partial charge in [-0.25, -0.2) is 4.79 Å². The van der Waals surface area contributed by atoms with E-state index in [0.717, 1.165) is 12.8 Å². The van der Waals surface area contributed by atoms with Gasteiger partial charge in [0.05, 0.1) is 0 Å². The van der Waals surface area contributed by atoms with Gasteiger partial charge in [0, 0.05) is 0 Å². The van der Waals surface area contributed by atoms with Gasteiger partial charge >= 0.3 is 6.47 Å². The Bertz CT molecular complexity index is 105. The molecule has 0 N–H and O–H groups in total. The molecule has 0 fully saturated rings. The van der Waals surface area contributed by atoms with Crippen LogP contribution in [0.4, 0.5) is 0 Å². The number of ether oxygens (including phenoxy) is 1. The first kappa shape index (κ1) is 8.21. The summed E-state index contributed by atoms with van der Waals surface area (Å²) in [5.74, 6) is 0.631. The molecule has 0 aromatic heterocycles. The molecule has 0 amide bonds. The highest BCUT2D eigenvalue weighted by Crippen LogP contribution is 1.97. The predicted octanol–water partition coefficient (Wildman–Crippen LogP) is 1.77. The molecule has 0 aliphatic rings. The number of unbranched alkanes of at least 4 members (excludes halogenated alkanes) is 1. The lowest BCUT2D eigenvalue weighted by Gasteiger charge is -1.92. The second kappa shape index (κ2) is 5.35. The minimum Gasteiger partial charge on any atom is -0.423 e. The van der Waals surface area contributed by atoms with Crippen molar-refractivity contribution in [3.8, 4) is 0 Å². The van der Waals surface area contributed by atoms with E-state index in [4.69, 9.17) is 0 Å². The number of carbonyl (C=O) groups excluding carboxylic acids is 1. The van der Waals surface area contributed by atoms with E-state index in [2.05, 4.69) is 11.7 Å². The minimum absolute atomic E-state index is 0.631. The lowest BCUT2D eigenvalue weighted by atomic mass is 10.3. The van der Waals surface area contributed by atoms with Crippen molar-refractivity contribution in [3.63, 3.8) is 0 Å². The van der Waals surface area contributed by atoms with E-state index in [1.807, 2.05) is 6.08 Å². The SMILES string of the molecule is CCCC=C(C)O[C]=O. The zero-order chi connectivity index (χ0) is 7.11. The van der Waals surface area contributed by atoms with Crippen LogP contribution in [0.3, 0.4) is 0 Å². The van der Waals surface area contributed by atoms with Gasteiger partial charge < -0.3 is 4.74 Å². The fourth-order valence-electron chi connectivity index (χ4n) is 0.455. The maximum absolute atomic E-state index is 9.59. The molecule has 9 heavy (non-hydrogen) atoms. The van der Waals surface area contributed by atoms with Crippen molar-refractivity contribution in [2.75, 3.05) is 0 Å². The highest BCUT2D eigenvalue weighted by molar-refractivity contribution is 5.40. The largest absolute Gasteiger partial charge is 0.423 e. The summed E-state index contributed by atoms with van der Waals surface area (Å²) in [7, 11) is 0. The molecule has 0 unspecified atom stereocenters. The van der Waals surface area contributed by atoms with Gasteiger partial charge in [-0.2, -0.15) is 0 Å². The summed E-state index contributed by atoms with van der Waals surface area (Å²) < 4.78 is 4.40. The lowest BCUT2D eigenvalue weighted by molar-refractivity contribution is 0.362. The molecule has 1 radical (unpaired) electrons. The Labute approximate surface area is 55.5 Å². The molecule has 0 aliphatic carbocycles. The van der Waals surface area contributed by atoms with E-state index in [9.17, 15) is 4.79 Å². The number of hydrogen-bond donors (Lipinski definition) is 0. The quantitative estimate of drug-likeness (QED) is 0.538. The topological polar surface area (TPSA) is 26.3 Å². The summed E-state index contributed by atoms with van der Waals surface area (Å²) in [5, 5.41) is 0. The Morgan fingerprint density at radius 3 is 2.89 bits per heavy atom. The van der Waals surface area contributed by atoms with Gasteiger partial charge in [0.15, 0.2) is 0 Å². The van der Waals surface area contributed by atoms with E-state index >= 15 is 0 Å². The normalized spacial score (nSPS) is 11.1. The number of hydrogen-bond acceptors (Lipinski definition) is 2. The van der Waals surface area contributed by atoms with Gasteiger partial charge in [-0.1, -0.05) is 13.3 Å². The van der Waals surface area contributed by atoms with Crippen LogP contribution in [-0.2, 0) is 9.53 Å². The molecule has 0 atom stereocenters. The monoisotopic (exact) mass is 127 g/mol. The average molecular weight is 127 g/mol. The Morgan fingerprint density at radius 2 is 2.44 bits per heavy atom. The molecule has 2 heteroatoms. The van der Waals surface area contributed by atoms with Gasteiger partial charge in [-0.15, -0.1) is 0 Å². The third kappa shape index (κ3) is 5.07. The van der Waals surface area contributed by atoms with Gasteiger partial charge in [0.1, 0.15) is 5.76 Å². The maximum atomic E-state index is 9.59. The first-order valence-electron chi connectivity index (χ1n) is 3.02. The standard InChI is InChI=1S/C7H11O2/c1-3-4-5-7(2)9-6-8/h5H,3-4H2,1-2H3. The first-order valence-corrected chi connectivity index (χ1v) is 3.02. The molecular weight excluding hydrogens is 116 g/mol. The highest BCUT2D eigenvalue weighted by atomic mass is 16.5. The van der Waals surface area contributed by atoms with Crippen LogP contribution >= 0.6 is 0 Å². The predicted molar refractivity (Wildman–Crippen MR) is 35.4 cm³/mol. The van der Waals surface area contributed by atoms with E-state index in [0.29, 0.717) is 5.76 Å². The molecule has 0 saturated heterocycles. The van der Waals surface area contributed by atoms with Crippen LogP contribution in [0.5, 0.6) is 0 Å². The molecule has 51 valence electrons. The van der Waals surface area contributed by atoms with E-state index < -0.39 is 0 Å². The summed E-state index contributed by atoms with van der Waals surface area (Å²) in [6, 6.07) is 0. The Morgan fingerprint density at radius 1 is 1.78 bits per heavy atom. The van der Waals surface area contributed by atoms with Gasteiger partial charge in [-0.3, -0.25) is 0 Å². The highest BCUT2D eigenvalue weighted by Gasteiger charge is 1.85. The van der Waals surface area contributed by atoms with Crippen molar-refractivity contribution in [2.45, 2.75) is 26.7 Å². The Balaban J connectivity index is 3.42. The molecule has 0 bridgehead atoms. The van der Waals surface area contributed by atoms with Crippen molar-refractivity contribution < 1.29 is 9.53 Å². The third-order valence-corrected chi connectivity index (χ3v) is 0.923. The number of allylic oxidation sites excluding steroid dienone is 2. The molecule has 0 aromatic carbocycles. The van der Waals surface area contributed by atoms with E-state index in [-0.39, 0.29) is 0 Å².